The van der Waals surface area contributed by atoms with Gasteiger partial charge in [-0.05, 0) is 38.1 Å². The van der Waals surface area contributed by atoms with Gasteiger partial charge in [-0.2, -0.15) is 0 Å². The lowest BCUT2D eigenvalue weighted by atomic mass is 9.53. The number of aliphatic hydroxyl groups excluding tert-OH is 1. The molecule has 5 nitrogen and oxygen atoms in total. The van der Waals surface area contributed by atoms with Gasteiger partial charge in [-0.3, -0.25) is 0 Å². The monoisotopic (exact) mass is 310 g/mol. The second-order valence-electron chi connectivity index (χ2n) is 7.10. The third-order valence-electron chi connectivity index (χ3n) is 6.29. The Balaban J connectivity index is 1.80. The van der Waals surface area contributed by atoms with Crippen LogP contribution in [0, 0.1) is 17.4 Å². The Morgan fingerprint density at radius 1 is 1.43 bits per heavy atom. The average molecular weight is 310 g/mol. The Labute approximate surface area is 134 Å². The number of nitriles is 1. The average Bonchev–Trinajstić information content (AvgIpc) is 2.90. The topological polar surface area (TPSA) is 65.7 Å². The van der Waals surface area contributed by atoms with Crippen molar-refractivity contribution >= 4 is 0 Å². The molecule has 0 saturated carbocycles. The third-order valence-corrected chi connectivity index (χ3v) is 6.29. The first-order chi connectivity index (χ1) is 11.2. The molecule has 1 aromatic carbocycles. The van der Waals surface area contributed by atoms with Crippen LogP contribution in [-0.2, 0) is 11.8 Å². The molecule has 2 aliphatic carbocycles. The minimum Gasteiger partial charge on any atom is -0.482 e. The highest BCUT2D eigenvalue weighted by molar-refractivity contribution is 5.62. The summed E-state index contributed by atoms with van der Waals surface area (Å²) >= 11 is 0. The van der Waals surface area contributed by atoms with E-state index in [4.69, 9.17) is 14.7 Å². The molecule has 118 valence electrons. The van der Waals surface area contributed by atoms with Gasteiger partial charge in [0, 0.05) is 22.9 Å². The van der Waals surface area contributed by atoms with Crippen LogP contribution in [0.25, 0.3) is 0 Å². The molecule has 0 radical (unpaired) electrons. The van der Waals surface area contributed by atoms with Crippen LogP contribution in [0.1, 0.15) is 17.5 Å². The number of aliphatic hydroxyl groups is 1. The summed E-state index contributed by atoms with van der Waals surface area (Å²) in [5.41, 5.74) is 2.25. The van der Waals surface area contributed by atoms with E-state index in [1.807, 2.05) is 12.1 Å². The van der Waals surface area contributed by atoms with Crippen molar-refractivity contribution in [3.05, 3.63) is 35.4 Å². The van der Waals surface area contributed by atoms with Gasteiger partial charge in [-0.15, -0.1) is 5.26 Å². The number of piperidine rings is 1. The highest BCUT2D eigenvalue weighted by Crippen LogP contribution is 2.62. The molecule has 1 saturated heterocycles. The van der Waals surface area contributed by atoms with Crippen LogP contribution in [0.2, 0.25) is 0 Å². The second kappa shape index (κ2) is 4.28. The van der Waals surface area contributed by atoms with Crippen LogP contribution in [0.5, 0.6) is 11.5 Å². The molecule has 4 aliphatic rings. The van der Waals surface area contributed by atoms with Gasteiger partial charge in [0.2, 0.25) is 0 Å². The lowest BCUT2D eigenvalue weighted by Gasteiger charge is -2.56. The standard InChI is InChI=1S/C18H18N2O3/c1-20-7-6-18-11-3-4-13(21)17(18)23-16-14(22-9-19)5-2-10(15(16)18)8-12(11)20/h2-5,11-13,17,21H,6-8H2,1H3/t11-,12+,13-,17-,18-/m0/s1. The van der Waals surface area contributed by atoms with E-state index in [0.29, 0.717) is 23.5 Å². The summed E-state index contributed by atoms with van der Waals surface area (Å²) in [5, 5.41) is 19.5. The summed E-state index contributed by atoms with van der Waals surface area (Å²) in [6, 6.07) is 4.31. The summed E-state index contributed by atoms with van der Waals surface area (Å²) < 4.78 is 11.3. The fourth-order valence-corrected chi connectivity index (χ4v) is 5.36. The van der Waals surface area contributed by atoms with Gasteiger partial charge in [0.25, 0.3) is 6.26 Å². The Hall–Kier alpha value is -2.03. The maximum Gasteiger partial charge on any atom is 0.292 e. The van der Waals surface area contributed by atoms with E-state index in [1.54, 1.807) is 6.26 Å². The maximum absolute atomic E-state index is 10.5. The maximum atomic E-state index is 10.5. The van der Waals surface area contributed by atoms with Crippen LogP contribution in [0.4, 0.5) is 0 Å². The molecule has 0 amide bonds. The number of ether oxygens (including phenoxy) is 2. The van der Waals surface area contributed by atoms with Crippen LogP contribution < -0.4 is 9.47 Å². The zero-order valence-corrected chi connectivity index (χ0v) is 12.9. The number of benzene rings is 1. The van der Waals surface area contributed by atoms with E-state index in [0.717, 1.165) is 19.4 Å². The van der Waals surface area contributed by atoms with Gasteiger partial charge in [0.15, 0.2) is 11.5 Å². The van der Waals surface area contributed by atoms with Crippen molar-refractivity contribution in [2.45, 2.75) is 36.5 Å². The number of likely N-dealkylation sites (N-methyl/N-ethyl adjacent to an activating group) is 1. The quantitative estimate of drug-likeness (QED) is 0.626. The molecular weight excluding hydrogens is 292 g/mol. The van der Waals surface area contributed by atoms with Crippen LogP contribution in [0.15, 0.2) is 24.3 Å². The number of nitrogens with zero attached hydrogens (tertiary/aromatic N) is 2. The zero-order valence-electron chi connectivity index (χ0n) is 12.9. The lowest BCUT2D eigenvalue weighted by molar-refractivity contribution is -0.0452. The molecule has 2 heterocycles. The van der Waals surface area contributed by atoms with Crippen LogP contribution in [-0.4, -0.2) is 41.8 Å². The highest BCUT2D eigenvalue weighted by atomic mass is 16.5. The number of rotatable bonds is 1. The van der Waals surface area contributed by atoms with Crippen molar-refractivity contribution in [2.24, 2.45) is 5.92 Å². The van der Waals surface area contributed by atoms with E-state index in [2.05, 4.69) is 24.1 Å². The molecule has 2 bridgehead atoms. The molecule has 1 fully saturated rings. The van der Waals surface area contributed by atoms with Crippen LogP contribution >= 0.6 is 0 Å². The van der Waals surface area contributed by atoms with E-state index >= 15 is 0 Å². The first-order valence-corrected chi connectivity index (χ1v) is 8.12. The Morgan fingerprint density at radius 2 is 2.30 bits per heavy atom. The first-order valence-electron chi connectivity index (χ1n) is 8.12. The molecule has 1 spiro atoms. The van der Waals surface area contributed by atoms with Gasteiger partial charge in [-0.25, -0.2) is 0 Å². The number of hydrogen-bond donors (Lipinski definition) is 1. The first kappa shape index (κ1) is 13.4. The van der Waals surface area contributed by atoms with E-state index in [9.17, 15) is 5.11 Å². The second-order valence-corrected chi connectivity index (χ2v) is 7.10. The fraction of sp³-hybridized carbons (Fsp3) is 0.500. The smallest absolute Gasteiger partial charge is 0.292 e. The zero-order chi connectivity index (χ0) is 15.8. The normalized spacial score (nSPS) is 39.3. The van der Waals surface area contributed by atoms with E-state index in [-0.39, 0.29) is 11.5 Å². The highest BCUT2D eigenvalue weighted by Gasteiger charge is 2.64. The minimum absolute atomic E-state index is 0.191. The van der Waals surface area contributed by atoms with E-state index < -0.39 is 6.10 Å². The number of hydrogen-bond acceptors (Lipinski definition) is 5. The molecule has 5 heteroatoms. The summed E-state index contributed by atoms with van der Waals surface area (Å²) in [7, 11) is 2.18. The summed E-state index contributed by atoms with van der Waals surface area (Å²) in [6.45, 7) is 0.990. The largest absolute Gasteiger partial charge is 0.482 e. The van der Waals surface area contributed by atoms with Gasteiger partial charge in [0.05, 0.1) is 0 Å². The third kappa shape index (κ3) is 1.44. The Morgan fingerprint density at radius 3 is 3.13 bits per heavy atom. The molecule has 5 atom stereocenters. The summed E-state index contributed by atoms with van der Waals surface area (Å²) in [5.74, 6) is 1.48. The van der Waals surface area contributed by atoms with Gasteiger partial charge < -0.3 is 19.5 Å². The molecule has 1 aromatic rings. The van der Waals surface area contributed by atoms with Crippen molar-refractivity contribution in [3.63, 3.8) is 0 Å². The van der Waals surface area contributed by atoms with Crippen molar-refractivity contribution in [1.82, 2.24) is 4.90 Å². The summed E-state index contributed by atoms with van der Waals surface area (Å²) in [6.07, 6.45) is 6.82. The SMILES string of the molecule is CN1CC[C@]23c4c5ccc(OC#N)c4O[C@H]2[C@@H](O)C=C[C@H]3[C@H]1C5. The van der Waals surface area contributed by atoms with Gasteiger partial charge in [-0.1, -0.05) is 18.2 Å². The molecule has 23 heavy (non-hydrogen) atoms. The molecule has 5 rings (SSSR count). The predicted octanol–water partition coefficient (Wildman–Crippen LogP) is 1.35. The lowest BCUT2D eigenvalue weighted by Crippen LogP contribution is -2.64. The number of likely N-dealkylation sites (tertiary alicyclic amines) is 1. The van der Waals surface area contributed by atoms with Crippen molar-refractivity contribution in [1.29, 1.82) is 5.26 Å². The minimum atomic E-state index is -0.622. The molecule has 1 N–H and O–H groups in total. The van der Waals surface area contributed by atoms with E-state index in [1.165, 1.54) is 11.1 Å². The Bertz CT molecular complexity index is 768. The molecule has 2 aliphatic heterocycles. The predicted molar refractivity (Wildman–Crippen MR) is 82.2 cm³/mol. The van der Waals surface area contributed by atoms with Crippen molar-refractivity contribution < 1.29 is 14.6 Å². The molecular formula is C18H18N2O3. The Kier molecular flexibility index (Phi) is 2.50. The summed E-state index contributed by atoms with van der Waals surface area (Å²) in [4.78, 5) is 2.43. The van der Waals surface area contributed by atoms with Crippen molar-refractivity contribution in [2.75, 3.05) is 13.6 Å². The fourth-order valence-electron chi connectivity index (χ4n) is 5.36. The molecule has 0 unspecified atom stereocenters. The van der Waals surface area contributed by atoms with Gasteiger partial charge in [0.1, 0.15) is 12.2 Å². The van der Waals surface area contributed by atoms with Crippen LogP contribution in [0.3, 0.4) is 0 Å². The van der Waals surface area contributed by atoms with Gasteiger partial charge >= 0.3 is 0 Å². The van der Waals surface area contributed by atoms with Crippen molar-refractivity contribution in [3.8, 4) is 17.8 Å². The molecule has 0 aromatic heterocycles.